The van der Waals surface area contributed by atoms with Crippen molar-refractivity contribution in [3.63, 3.8) is 0 Å². The van der Waals surface area contributed by atoms with Gasteiger partial charge in [-0.3, -0.25) is 13.9 Å². The fraction of sp³-hybridized carbons (Fsp3) is 0.250. The van der Waals surface area contributed by atoms with E-state index in [9.17, 15) is 14.7 Å². The van der Waals surface area contributed by atoms with Crippen LogP contribution in [0.5, 0.6) is 11.5 Å². The maximum Gasteiger partial charge on any atom is 0.332 e. The van der Waals surface area contributed by atoms with Gasteiger partial charge in [0.05, 0.1) is 13.3 Å². The van der Waals surface area contributed by atoms with Gasteiger partial charge in [0.2, 0.25) is 5.95 Å². The number of phenolic OH excluding ortho intramolecular Hbond substituents is 1. The van der Waals surface area contributed by atoms with E-state index >= 15 is 0 Å². The maximum absolute atomic E-state index is 12.3. The monoisotopic (exact) mass is 358 g/mol. The zero-order valence-electron chi connectivity index (χ0n) is 14.7. The number of hydrogen-bond acceptors (Lipinski definition) is 7. The van der Waals surface area contributed by atoms with Gasteiger partial charge in [-0.2, -0.15) is 10.1 Å². The Morgan fingerprint density at radius 2 is 1.92 bits per heavy atom. The van der Waals surface area contributed by atoms with Gasteiger partial charge in [-0.05, 0) is 12.1 Å². The minimum absolute atomic E-state index is 0.0103. The van der Waals surface area contributed by atoms with Crippen molar-refractivity contribution in [3.8, 4) is 11.5 Å². The van der Waals surface area contributed by atoms with Crippen molar-refractivity contribution < 1.29 is 9.84 Å². The number of aryl methyl sites for hydroxylation is 2. The molecule has 0 fully saturated rings. The molecule has 0 saturated heterocycles. The molecule has 136 valence electrons. The highest BCUT2D eigenvalue weighted by atomic mass is 16.5. The van der Waals surface area contributed by atoms with Crippen molar-refractivity contribution in [2.24, 2.45) is 26.2 Å². The Morgan fingerprint density at radius 3 is 2.58 bits per heavy atom. The summed E-state index contributed by atoms with van der Waals surface area (Å²) in [4.78, 5) is 28.6. The molecule has 0 radical (unpaired) electrons. The third kappa shape index (κ3) is 2.70. The number of hydrazone groups is 1. The van der Waals surface area contributed by atoms with E-state index in [1.165, 1.54) is 35.6 Å². The molecule has 0 spiro atoms. The predicted molar refractivity (Wildman–Crippen MR) is 97.1 cm³/mol. The summed E-state index contributed by atoms with van der Waals surface area (Å²) in [6.45, 7) is 0. The number of aromatic nitrogens is 4. The van der Waals surface area contributed by atoms with Crippen LogP contribution in [0.2, 0.25) is 0 Å². The van der Waals surface area contributed by atoms with E-state index in [4.69, 9.17) is 4.74 Å². The van der Waals surface area contributed by atoms with Crippen molar-refractivity contribution in [1.29, 1.82) is 0 Å². The first kappa shape index (κ1) is 17.3. The number of benzene rings is 1. The Balaban J connectivity index is 1.96. The topological polar surface area (TPSA) is 116 Å². The molecule has 26 heavy (non-hydrogen) atoms. The maximum atomic E-state index is 12.3. The number of hydrogen-bond donors (Lipinski definition) is 2. The van der Waals surface area contributed by atoms with Crippen LogP contribution >= 0.6 is 0 Å². The lowest BCUT2D eigenvalue weighted by Gasteiger charge is -2.04. The summed E-state index contributed by atoms with van der Waals surface area (Å²) in [6, 6.07) is 4.80. The molecule has 1 aromatic carbocycles. The number of nitrogens with zero attached hydrogens (tertiary/aromatic N) is 5. The molecule has 2 N–H and O–H groups in total. The van der Waals surface area contributed by atoms with Crippen LogP contribution in [0.1, 0.15) is 5.56 Å². The molecule has 10 heteroatoms. The summed E-state index contributed by atoms with van der Waals surface area (Å²) in [5, 5.41) is 14.0. The van der Waals surface area contributed by atoms with E-state index in [2.05, 4.69) is 15.5 Å². The second kappa shape index (κ2) is 6.39. The van der Waals surface area contributed by atoms with E-state index in [0.29, 0.717) is 11.3 Å². The number of aromatic hydroxyl groups is 1. The number of imidazole rings is 1. The zero-order chi connectivity index (χ0) is 19.0. The van der Waals surface area contributed by atoms with Crippen LogP contribution in [0, 0.1) is 0 Å². The van der Waals surface area contributed by atoms with Gasteiger partial charge in [0.15, 0.2) is 11.2 Å². The smallest absolute Gasteiger partial charge is 0.332 e. The second-order valence-electron chi connectivity index (χ2n) is 5.67. The minimum atomic E-state index is -0.459. The standard InChI is InChI=1S/C16H18N6O4/c1-20-12-13(21(2)16(25)22(3)14(12)24)18-15(20)19-17-8-9-5-6-10(26-4)7-11(9)23/h5-8,23H,1-4H3,(H,18,19). The van der Waals surface area contributed by atoms with Gasteiger partial charge in [0, 0.05) is 32.8 Å². The SMILES string of the molecule is COc1ccc(C=NNc2nc3c(c(=O)n(C)c(=O)n3C)n2C)c(O)c1. The van der Waals surface area contributed by atoms with Crippen molar-refractivity contribution in [3.05, 3.63) is 44.6 Å². The Kier molecular flexibility index (Phi) is 4.24. The van der Waals surface area contributed by atoms with Gasteiger partial charge >= 0.3 is 5.69 Å². The van der Waals surface area contributed by atoms with Gasteiger partial charge in [-0.1, -0.05) is 0 Å². The van der Waals surface area contributed by atoms with Gasteiger partial charge < -0.3 is 14.4 Å². The Hall–Kier alpha value is -3.56. The highest BCUT2D eigenvalue weighted by molar-refractivity contribution is 5.84. The average molecular weight is 358 g/mol. The molecule has 2 heterocycles. The fourth-order valence-corrected chi connectivity index (χ4v) is 2.54. The molecule has 0 saturated carbocycles. The van der Waals surface area contributed by atoms with Crippen LogP contribution in [-0.4, -0.2) is 37.1 Å². The minimum Gasteiger partial charge on any atom is -0.507 e. The van der Waals surface area contributed by atoms with E-state index < -0.39 is 11.2 Å². The molecular weight excluding hydrogens is 340 g/mol. The lowest BCUT2D eigenvalue weighted by atomic mass is 10.2. The zero-order valence-corrected chi connectivity index (χ0v) is 14.7. The summed E-state index contributed by atoms with van der Waals surface area (Å²) in [7, 11) is 6.10. The van der Waals surface area contributed by atoms with Crippen LogP contribution in [0.3, 0.4) is 0 Å². The predicted octanol–water partition coefficient (Wildman–Crippen LogP) is 0.131. The second-order valence-corrected chi connectivity index (χ2v) is 5.67. The summed E-state index contributed by atoms with van der Waals surface area (Å²) in [5.41, 5.74) is 2.82. The average Bonchev–Trinajstić information content (AvgIpc) is 2.96. The quantitative estimate of drug-likeness (QED) is 0.506. The number of ether oxygens (including phenoxy) is 1. The number of fused-ring (bicyclic) bond motifs is 1. The number of rotatable bonds is 4. The van der Waals surface area contributed by atoms with Crippen molar-refractivity contribution >= 4 is 23.3 Å². The normalized spacial score (nSPS) is 11.4. The molecule has 0 unspecified atom stereocenters. The van der Waals surface area contributed by atoms with Crippen molar-refractivity contribution in [2.75, 3.05) is 12.5 Å². The summed E-state index contributed by atoms with van der Waals surface area (Å²) in [6.07, 6.45) is 1.41. The van der Waals surface area contributed by atoms with E-state index in [1.54, 1.807) is 26.2 Å². The van der Waals surface area contributed by atoms with Crippen LogP contribution < -0.4 is 21.4 Å². The Morgan fingerprint density at radius 1 is 1.19 bits per heavy atom. The van der Waals surface area contributed by atoms with Crippen LogP contribution in [0.15, 0.2) is 32.9 Å². The molecule has 0 atom stereocenters. The molecule has 3 aromatic rings. The van der Waals surface area contributed by atoms with E-state index in [-0.39, 0.29) is 22.9 Å². The molecule has 0 bridgehead atoms. The highest BCUT2D eigenvalue weighted by Crippen LogP contribution is 2.22. The van der Waals surface area contributed by atoms with Gasteiger partial charge in [-0.15, -0.1) is 0 Å². The van der Waals surface area contributed by atoms with Gasteiger partial charge in [-0.25, -0.2) is 10.2 Å². The molecule has 3 rings (SSSR count). The summed E-state index contributed by atoms with van der Waals surface area (Å²) < 4.78 is 8.85. The first-order chi connectivity index (χ1) is 12.3. The highest BCUT2D eigenvalue weighted by Gasteiger charge is 2.16. The molecule has 0 aliphatic heterocycles. The largest absolute Gasteiger partial charge is 0.507 e. The molecule has 2 aromatic heterocycles. The number of nitrogens with one attached hydrogen (secondary N) is 1. The Bertz CT molecular complexity index is 1140. The number of methoxy groups -OCH3 is 1. The van der Waals surface area contributed by atoms with Crippen LogP contribution in [0.25, 0.3) is 11.2 Å². The van der Waals surface area contributed by atoms with Crippen LogP contribution in [-0.2, 0) is 21.1 Å². The number of phenols is 1. The van der Waals surface area contributed by atoms with E-state index in [0.717, 1.165) is 4.57 Å². The lowest BCUT2D eigenvalue weighted by molar-refractivity contribution is 0.407. The van der Waals surface area contributed by atoms with Crippen LogP contribution in [0.4, 0.5) is 5.95 Å². The molecular formula is C16H18N6O4. The molecule has 10 nitrogen and oxygen atoms in total. The summed E-state index contributed by atoms with van der Waals surface area (Å²) >= 11 is 0. The lowest BCUT2D eigenvalue weighted by Crippen LogP contribution is -2.37. The Labute approximate surface area is 147 Å². The van der Waals surface area contributed by atoms with Gasteiger partial charge in [0.1, 0.15) is 11.5 Å². The fourth-order valence-electron chi connectivity index (χ4n) is 2.54. The van der Waals surface area contributed by atoms with Gasteiger partial charge in [0.25, 0.3) is 5.56 Å². The van der Waals surface area contributed by atoms with Crippen molar-refractivity contribution in [1.82, 2.24) is 18.7 Å². The number of anilines is 1. The molecule has 0 aliphatic carbocycles. The first-order valence-corrected chi connectivity index (χ1v) is 7.63. The molecule has 0 aliphatic rings. The molecule has 0 amide bonds. The third-order valence-electron chi connectivity index (χ3n) is 4.08. The van der Waals surface area contributed by atoms with Crippen molar-refractivity contribution in [2.45, 2.75) is 0 Å². The summed E-state index contributed by atoms with van der Waals surface area (Å²) in [5.74, 6) is 0.818. The third-order valence-corrected chi connectivity index (χ3v) is 4.08. The van der Waals surface area contributed by atoms with E-state index in [1.807, 2.05) is 0 Å². The first-order valence-electron chi connectivity index (χ1n) is 7.63.